The number of thiophene rings is 1. The molecule has 2 aromatic heterocycles. The van der Waals surface area contributed by atoms with Crippen molar-refractivity contribution < 1.29 is 0 Å². The molecule has 9 aromatic carbocycles. The van der Waals surface area contributed by atoms with Crippen LogP contribution in [0.25, 0.3) is 92.5 Å². The summed E-state index contributed by atoms with van der Waals surface area (Å²) in [5, 5.41) is 7.99. The molecule has 1 N–H and O–H groups in total. The van der Waals surface area contributed by atoms with Crippen molar-refractivity contribution in [3.8, 4) is 60.6 Å². The van der Waals surface area contributed by atoms with E-state index in [1.165, 1.54) is 137 Å². The topological polar surface area (TPSA) is 17.0 Å². The van der Waals surface area contributed by atoms with E-state index in [9.17, 15) is 0 Å². The molecule has 0 unspecified atom stereocenters. The summed E-state index contributed by atoms with van der Waals surface area (Å²) in [6.07, 6.45) is 0. The minimum atomic E-state index is -0.175. The van der Waals surface area contributed by atoms with Crippen LogP contribution in [0.5, 0.6) is 0 Å². The first-order valence-electron chi connectivity index (χ1n) is 26.6. The van der Waals surface area contributed by atoms with Crippen LogP contribution in [-0.2, 0) is 21.7 Å². The van der Waals surface area contributed by atoms with Gasteiger partial charge in [0, 0.05) is 70.3 Å². The Labute approximate surface area is 441 Å². The van der Waals surface area contributed by atoms with Crippen LogP contribution in [0, 0.1) is 0 Å². The molecule has 2 nitrogen and oxygen atoms in total. The van der Waals surface area contributed by atoms with Gasteiger partial charge in [0.25, 0.3) is 0 Å². The van der Waals surface area contributed by atoms with Crippen LogP contribution in [0.2, 0.25) is 0 Å². The quantitative estimate of drug-likeness (QED) is 0.170. The van der Waals surface area contributed by atoms with Crippen molar-refractivity contribution in [3.05, 3.63) is 209 Å². The Hall–Kier alpha value is -7.40. The number of rotatable bonds is 5. The molecule has 4 heteroatoms. The van der Waals surface area contributed by atoms with Crippen LogP contribution in [0.1, 0.15) is 103 Å². The smallest absolute Gasteiger partial charge is 0.198 e. The Morgan fingerprint density at radius 3 is 1.81 bits per heavy atom. The summed E-state index contributed by atoms with van der Waals surface area (Å²) in [7, 11) is 0.814. The number of hydrogen-bond donors (Lipinski definition) is 1. The van der Waals surface area contributed by atoms with Gasteiger partial charge in [-0.2, -0.15) is 0 Å². The molecule has 74 heavy (non-hydrogen) atoms. The van der Waals surface area contributed by atoms with Crippen molar-refractivity contribution in [1.29, 1.82) is 0 Å². The third-order valence-electron chi connectivity index (χ3n) is 17.3. The summed E-state index contributed by atoms with van der Waals surface area (Å²) in [4.78, 5) is 1.31. The first-order chi connectivity index (χ1) is 35.4. The molecule has 3 aliphatic rings. The van der Waals surface area contributed by atoms with Gasteiger partial charge >= 0.3 is 0 Å². The summed E-state index contributed by atoms with van der Waals surface area (Å²) < 4.78 is 4.00. The fourth-order valence-corrected chi connectivity index (χ4v) is 14.5. The highest BCUT2D eigenvalue weighted by molar-refractivity contribution is 7.23. The van der Waals surface area contributed by atoms with Gasteiger partial charge < -0.3 is 9.88 Å². The maximum Gasteiger partial charge on any atom is 0.198 e. The van der Waals surface area contributed by atoms with Gasteiger partial charge in [0.15, 0.2) is 7.28 Å². The Morgan fingerprint density at radius 1 is 0.473 bits per heavy atom. The van der Waals surface area contributed by atoms with Gasteiger partial charge in [-0.05, 0) is 137 Å². The highest BCUT2D eigenvalue weighted by atomic mass is 32.1. The molecule has 0 bridgehead atoms. The van der Waals surface area contributed by atoms with Gasteiger partial charge in [0.05, 0.1) is 5.52 Å². The summed E-state index contributed by atoms with van der Waals surface area (Å²) >= 11 is 1.93. The van der Waals surface area contributed by atoms with Crippen LogP contribution >= 0.6 is 11.3 Å². The number of nitrogens with zero attached hydrogens (tertiary/aromatic N) is 1. The van der Waals surface area contributed by atoms with Crippen LogP contribution in [-0.4, -0.2) is 11.8 Å². The Bertz CT molecular complexity index is 4170. The molecule has 1 aliphatic heterocycles. The van der Waals surface area contributed by atoms with Crippen molar-refractivity contribution in [3.63, 3.8) is 0 Å². The fourth-order valence-electron chi connectivity index (χ4n) is 13.2. The maximum absolute atomic E-state index is 4.07. The summed E-state index contributed by atoms with van der Waals surface area (Å²) in [6, 6.07) is 67.7. The fraction of sp³-hybridized carbons (Fsp3) is 0.200. The highest BCUT2D eigenvalue weighted by Gasteiger charge is 2.40. The third kappa shape index (κ3) is 6.56. The second-order valence-electron chi connectivity index (χ2n) is 24.6. The number of fused-ring (bicyclic) bond motifs is 12. The van der Waals surface area contributed by atoms with E-state index in [1.54, 1.807) is 0 Å². The SMILES string of the molecule is CC(C)(C)c1ccc(Nc2cc3c(cc2-c2ccc4c5cc6c(cc5n5c4c2Bc2cc4sc(-c7ccccc7)c(-c7ccccc7)c4cc2-5)C(C)(C)c2ccccc2-6)-c2cc(C(C)(C)C)ccc2C3(C)C)cc1. The standard InChI is InChI=1S/C70H61BN2S/c1-67(2,3)42-25-28-44(29-26-42)72-59-37-56-50(48-33-43(68(4,5)6)27-32-55(48)70(56,9)10)34-51(59)46-30-31-47-52-35-49-45-23-17-18-24-54(45)69(7,8)57(49)38-60(52)73-61-36-53-62(39-58(61)71-64(46)65(47)73)74-66(41-21-15-12-16-22-41)63(53)40-19-13-11-14-20-40/h11-39,71-72H,1-10H3. The third-order valence-corrected chi connectivity index (χ3v) is 18.5. The number of nitrogens with one attached hydrogen (secondary N) is 1. The van der Waals surface area contributed by atoms with E-state index in [4.69, 9.17) is 0 Å². The molecule has 0 radical (unpaired) electrons. The zero-order valence-corrected chi connectivity index (χ0v) is 45.1. The summed E-state index contributed by atoms with van der Waals surface area (Å²) in [6.45, 7) is 23.5. The van der Waals surface area contributed by atoms with Gasteiger partial charge in [-0.1, -0.05) is 202 Å². The van der Waals surface area contributed by atoms with Crippen molar-refractivity contribution in [1.82, 2.24) is 4.57 Å². The van der Waals surface area contributed by atoms with E-state index in [2.05, 4.69) is 255 Å². The van der Waals surface area contributed by atoms with Crippen molar-refractivity contribution in [2.45, 2.75) is 90.9 Å². The average molecular weight is 973 g/mol. The molecule has 0 fully saturated rings. The lowest BCUT2D eigenvalue weighted by atomic mass is 9.59. The molecule has 360 valence electrons. The predicted molar refractivity (Wildman–Crippen MR) is 321 cm³/mol. The minimum Gasteiger partial charge on any atom is -0.355 e. The molecule has 0 saturated carbocycles. The lowest BCUT2D eigenvalue weighted by Crippen LogP contribution is -2.37. The van der Waals surface area contributed by atoms with E-state index < -0.39 is 0 Å². The van der Waals surface area contributed by atoms with Gasteiger partial charge in [0.1, 0.15) is 0 Å². The number of benzene rings is 9. The molecule has 14 rings (SSSR count). The molecule has 0 atom stereocenters. The Kier molecular flexibility index (Phi) is 9.52. The van der Waals surface area contributed by atoms with Crippen LogP contribution in [0.4, 0.5) is 11.4 Å². The number of anilines is 2. The van der Waals surface area contributed by atoms with Gasteiger partial charge in [0.2, 0.25) is 0 Å². The predicted octanol–water partition coefficient (Wildman–Crippen LogP) is 17.7. The molecule has 0 amide bonds. The largest absolute Gasteiger partial charge is 0.355 e. The highest BCUT2D eigenvalue weighted by Crippen LogP contribution is 2.55. The van der Waals surface area contributed by atoms with Crippen LogP contribution in [0.3, 0.4) is 0 Å². The van der Waals surface area contributed by atoms with Crippen molar-refractivity contribution in [2.75, 3.05) is 5.32 Å². The monoisotopic (exact) mass is 972 g/mol. The van der Waals surface area contributed by atoms with Gasteiger partial charge in [-0.15, -0.1) is 11.3 Å². The molecule has 11 aromatic rings. The van der Waals surface area contributed by atoms with Crippen LogP contribution in [0.15, 0.2) is 176 Å². The zero-order valence-electron chi connectivity index (χ0n) is 44.3. The average Bonchev–Trinajstić information content (AvgIpc) is 4.06. The molecule has 0 spiro atoms. The second-order valence-corrected chi connectivity index (χ2v) is 25.7. The molecule has 2 aliphatic carbocycles. The Morgan fingerprint density at radius 2 is 1.09 bits per heavy atom. The summed E-state index contributed by atoms with van der Waals surface area (Å²) in [5.74, 6) is 0. The Balaban J connectivity index is 1.07. The zero-order chi connectivity index (χ0) is 50.8. The molecule has 3 heterocycles. The minimum absolute atomic E-state index is 0.0245. The normalized spacial score (nSPS) is 14.7. The van der Waals surface area contributed by atoms with Crippen LogP contribution < -0.4 is 16.2 Å². The number of hydrogen-bond acceptors (Lipinski definition) is 2. The van der Waals surface area contributed by atoms with Gasteiger partial charge in [-0.3, -0.25) is 0 Å². The lowest BCUT2D eigenvalue weighted by Gasteiger charge is -2.26. The van der Waals surface area contributed by atoms with E-state index in [0.717, 1.165) is 18.7 Å². The maximum atomic E-state index is 4.07. The molecular formula is C70H61BN2S. The van der Waals surface area contributed by atoms with E-state index in [-0.39, 0.29) is 21.7 Å². The van der Waals surface area contributed by atoms with Gasteiger partial charge in [-0.25, -0.2) is 0 Å². The summed E-state index contributed by atoms with van der Waals surface area (Å²) in [5.41, 5.74) is 28.6. The second kappa shape index (κ2) is 15.6. The first-order valence-corrected chi connectivity index (χ1v) is 27.4. The molecular weight excluding hydrogens is 912 g/mol. The molecule has 0 saturated heterocycles. The number of aromatic nitrogens is 1. The van der Waals surface area contributed by atoms with E-state index >= 15 is 0 Å². The first kappa shape index (κ1) is 45.2. The van der Waals surface area contributed by atoms with Crippen molar-refractivity contribution in [2.24, 2.45) is 0 Å². The lowest BCUT2D eigenvalue weighted by molar-refractivity contribution is 0.589. The van der Waals surface area contributed by atoms with Crippen molar-refractivity contribution >= 4 is 72.8 Å². The van der Waals surface area contributed by atoms with E-state index in [0.29, 0.717) is 0 Å². The van der Waals surface area contributed by atoms with E-state index in [1.807, 2.05) is 11.3 Å².